The molecule has 1 unspecified atom stereocenters. The fourth-order valence-electron chi connectivity index (χ4n) is 2.33. The van der Waals surface area contributed by atoms with Crippen molar-refractivity contribution < 1.29 is 9.42 Å². The summed E-state index contributed by atoms with van der Waals surface area (Å²) < 4.78 is 5.55. The van der Waals surface area contributed by atoms with E-state index in [1.807, 2.05) is 67.6 Å². The van der Waals surface area contributed by atoms with Crippen LogP contribution in [0.15, 0.2) is 54.6 Å². The van der Waals surface area contributed by atoms with Gasteiger partial charge < -0.3 is 4.89 Å². The van der Waals surface area contributed by atoms with Crippen LogP contribution in [-0.4, -0.2) is 6.61 Å². The van der Waals surface area contributed by atoms with Gasteiger partial charge >= 0.3 is 0 Å². The van der Waals surface area contributed by atoms with Crippen LogP contribution >= 0.6 is 7.87 Å². The van der Waals surface area contributed by atoms with Crippen LogP contribution in [0.1, 0.15) is 18.1 Å². The maximum atomic E-state index is 13.1. The van der Waals surface area contributed by atoms with Crippen LogP contribution in [0.25, 0.3) is 11.8 Å². The molecule has 0 aromatic heterocycles. The molecule has 1 atom stereocenters. The summed E-state index contributed by atoms with van der Waals surface area (Å²) >= 11 is 0. The Bertz CT molecular complexity index is 642. The third-order valence-corrected chi connectivity index (χ3v) is 5.42. The van der Waals surface area contributed by atoms with Crippen LogP contribution in [0, 0.1) is 0 Å². The molecule has 3 rings (SSSR count). The third-order valence-electron chi connectivity index (χ3n) is 3.22. The van der Waals surface area contributed by atoms with E-state index in [0.29, 0.717) is 6.61 Å². The Morgan fingerprint density at radius 2 is 1.75 bits per heavy atom. The van der Waals surface area contributed by atoms with Gasteiger partial charge in [0.1, 0.15) is 5.30 Å². The van der Waals surface area contributed by atoms with Crippen LogP contribution in [0.3, 0.4) is 0 Å². The van der Waals surface area contributed by atoms with Crippen molar-refractivity contribution in [3.63, 3.8) is 0 Å². The lowest BCUT2D eigenvalue weighted by atomic mass is 10.1. The molecule has 4 heteroatoms. The molecule has 0 radical (unpaired) electrons. The smallest absolute Gasteiger partial charge is 0.228 e. The van der Waals surface area contributed by atoms with Crippen LogP contribution in [0.5, 0.6) is 0 Å². The topological polar surface area (TPSA) is 44.3 Å². The second-order valence-electron chi connectivity index (χ2n) is 4.56. The zero-order valence-electron chi connectivity index (χ0n) is 11.2. The van der Waals surface area contributed by atoms with E-state index in [-0.39, 0.29) is 0 Å². The van der Waals surface area contributed by atoms with Crippen molar-refractivity contribution in [3.05, 3.63) is 65.7 Å². The minimum absolute atomic E-state index is 0.403. The molecule has 2 aromatic carbocycles. The Balaban J connectivity index is 2.10. The Kier molecular flexibility index (Phi) is 3.58. The van der Waals surface area contributed by atoms with E-state index in [9.17, 15) is 4.89 Å². The van der Waals surface area contributed by atoms with E-state index in [1.54, 1.807) is 0 Å². The zero-order valence-corrected chi connectivity index (χ0v) is 12.1. The molecule has 1 aliphatic rings. The average molecular weight is 285 g/mol. The number of nitrogens with one attached hydrogen (secondary N) is 1. The van der Waals surface area contributed by atoms with E-state index in [2.05, 4.69) is 5.09 Å². The highest BCUT2D eigenvalue weighted by Gasteiger charge is 2.37. The molecule has 20 heavy (non-hydrogen) atoms. The lowest BCUT2D eigenvalue weighted by Gasteiger charge is -2.34. The Labute approximate surface area is 119 Å². The standard InChI is InChI=1S/C16H16NO2P/c1-2-19-20(18)16-11-7-6-10-14(16)12-15(17-20)13-8-4-3-5-9-13/h3-12H,2H2,1H3,(H,17,18). The summed E-state index contributed by atoms with van der Waals surface area (Å²) in [5.41, 5.74) is 2.78. The van der Waals surface area contributed by atoms with Gasteiger partial charge in [0, 0.05) is 11.1 Å². The second kappa shape index (κ2) is 5.37. The predicted octanol–water partition coefficient (Wildman–Crippen LogP) is 2.57. The molecule has 1 N–H and O–H groups in total. The van der Waals surface area contributed by atoms with Crippen molar-refractivity contribution in [2.45, 2.75) is 6.92 Å². The fourth-order valence-corrected chi connectivity index (χ4v) is 4.29. The van der Waals surface area contributed by atoms with Crippen LogP contribution in [-0.2, 0) is 4.52 Å². The predicted molar refractivity (Wildman–Crippen MR) is 82.1 cm³/mol. The van der Waals surface area contributed by atoms with Crippen molar-refractivity contribution in [2.24, 2.45) is 0 Å². The summed E-state index contributed by atoms with van der Waals surface area (Å²) in [5.74, 6) is 0. The molecule has 0 saturated heterocycles. The highest BCUT2D eigenvalue weighted by Crippen LogP contribution is 2.51. The van der Waals surface area contributed by atoms with Gasteiger partial charge in [-0.05, 0) is 19.1 Å². The van der Waals surface area contributed by atoms with Crippen molar-refractivity contribution in [3.8, 4) is 0 Å². The van der Waals surface area contributed by atoms with Crippen LogP contribution in [0.4, 0.5) is 0 Å². The van der Waals surface area contributed by atoms with Gasteiger partial charge in [0.2, 0.25) is 7.87 Å². The molecule has 1 aliphatic heterocycles. The lowest BCUT2D eigenvalue weighted by Crippen LogP contribution is -2.38. The molecule has 0 aliphatic carbocycles. The minimum atomic E-state index is -3.04. The molecular formula is C16H16NO2P. The monoisotopic (exact) mass is 285 g/mol. The minimum Gasteiger partial charge on any atom is -0.633 e. The summed E-state index contributed by atoms with van der Waals surface area (Å²) in [6.07, 6.45) is 2.01. The van der Waals surface area contributed by atoms with Crippen molar-refractivity contribution in [1.82, 2.24) is 5.09 Å². The van der Waals surface area contributed by atoms with Crippen molar-refractivity contribution >= 4 is 24.9 Å². The Hall–Kier alpha value is -1.67. The largest absolute Gasteiger partial charge is 0.633 e. The molecule has 0 saturated carbocycles. The zero-order chi connectivity index (χ0) is 14.0. The summed E-state index contributed by atoms with van der Waals surface area (Å²) in [6, 6.07) is 17.5. The van der Waals surface area contributed by atoms with E-state index >= 15 is 0 Å². The second-order valence-corrected chi connectivity index (χ2v) is 6.63. The van der Waals surface area contributed by atoms with Gasteiger partial charge in [0.05, 0.1) is 12.3 Å². The van der Waals surface area contributed by atoms with E-state index < -0.39 is 7.87 Å². The van der Waals surface area contributed by atoms with Crippen LogP contribution in [0.2, 0.25) is 0 Å². The lowest BCUT2D eigenvalue weighted by molar-refractivity contribution is -0.190. The maximum absolute atomic E-state index is 13.1. The van der Waals surface area contributed by atoms with E-state index in [4.69, 9.17) is 4.52 Å². The third kappa shape index (κ3) is 2.36. The molecule has 3 nitrogen and oxygen atoms in total. The summed E-state index contributed by atoms with van der Waals surface area (Å²) in [5, 5.41) is 3.84. The number of benzene rings is 2. The first-order valence-corrected chi connectivity index (χ1v) is 8.25. The normalized spacial score (nSPS) is 20.8. The van der Waals surface area contributed by atoms with Gasteiger partial charge in [-0.3, -0.25) is 0 Å². The first-order chi connectivity index (χ1) is 9.73. The first kappa shape index (κ1) is 13.3. The summed E-state index contributed by atoms with van der Waals surface area (Å²) in [4.78, 5) is 13.1. The molecule has 102 valence electrons. The SMILES string of the molecule is CCO[P+]1([O-])NC(c2ccccc2)=Cc2ccccc21. The van der Waals surface area contributed by atoms with Gasteiger partial charge in [-0.15, -0.1) is 0 Å². The average Bonchev–Trinajstić information content (AvgIpc) is 2.48. The molecule has 0 amide bonds. The number of hydrogen-bond donors (Lipinski definition) is 1. The highest BCUT2D eigenvalue weighted by atomic mass is 31.2. The highest BCUT2D eigenvalue weighted by molar-refractivity contribution is 7.70. The number of rotatable bonds is 3. The van der Waals surface area contributed by atoms with E-state index in [0.717, 1.165) is 22.1 Å². The molecular weight excluding hydrogens is 269 g/mol. The Morgan fingerprint density at radius 1 is 1.05 bits per heavy atom. The van der Waals surface area contributed by atoms with Gasteiger partial charge in [-0.1, -0.05) is 48.5 Å². The van der Waals surface area contributed by atoms with Crippen molar-refractivity contribution in [2.75, 3.05) is 6.61 Å². The number of hydrogen-bond acceptors (Lipinski definition) is 3. The van der Waals surface area contributed by atoms with Gasteiger partial charge in [-0.25, -0.2) is 9.61 Å². The maximum Gasteiger partial charge on any atom is 0.228 e. The number of fused-ring (bicyclic) bond motifs is 1. The fraction of sp³-hybridized carbons (Fsp3) is 0.125. The molecule has 0 fully saturated rings. The van der Waals surface area contributed by atoms with E-state index in [1.165, 1.54) is 0 Å². The molecule has 2 aromatic rings. The summed E-state index contributed by atoms with van der Waals surface area (Å²) in [6.45, 7) is 2.26. The van der Waals surface area contributed by atoms with Gasteiger partial charge in [0.15, 0.2) is 0 Å². The molecule has 0 bridgehead atoms. The molecule has 1 heterocycles. The quantitative estimate of drug-likeness (QED) is 0.882. The molecule has 0 spiro atoms. The summed E-state index contributed by atoms with van der Waals surface area (Å²) in [7, 11) is -3.04. The first-order valence-electron chi connectivity index (χ1n) is 6.62. The Morgan fingerprint density at radius 3 is 2.50 bits per heavy atom. The van der Waals surface area contributed by atoms with Crippen LogP contribution < -0.4 is 15.3 Å². The van der Waals surface area contributed by atoms with Gasteiger partial charge in [-0.2, -0.15) is 0 Å². The van der Waals surface area contributed by atoms with Crippen molar-refractivity contribution in [1.29, 1.82) is 0 Å². The van der Waals surface area contributed by atoms with Gasteiger partial charge in [0.25, 0.3) is 0 Å².